The Morgan fingerprint density at radius 3 is 2.21 bits per heavy atom. The van der Waals surface area contributed by atoms with Gasteiger partial charge in [0.25, 0.3) is 0 Å². The van der Waals surface area contributed by atoms with E-state index in [2.05, 4.69) is 4.90 Å². The summed E-state index contributed by atoms with van der Waals surface area (Å²) >= 11 is 0. The SMILES string of the molecule is CN1CCC(=O)CC1.Cc1ccc(N(N)CCC(=O)Cc2ccc(F)cc2)cc1. The summed E-state index contributed by atoms with van der Waals surface area (Å²) in [6.07, 6.45) is 2.19. The molecule has 0 aliphatic carbocycles. The molecule has 2 aromatic carbocycles. The second kappa shape index (κ2) is 11.4. The van der Waals surface area contributed by atoms with Crippen LogP contribution in [0.3, 0.4) is 0 Å². The molecule has 0 unspecified atom stereocenters. The Bertz CT molecular complexity index is 781. The lowest BCUT2D eigenvalue weighted by atomic mass is 10.1. The van der Waals surface area contributed by atoms with Gasteiger partial charge in [-0.25, -0.2) is 10.2 Å². The summed E-state index contributed by atoms with van der Waals surface area (Å²) in [5.41, 5.74) is 2.87. The third-order valence-electron chi connectivity index (χ3n) is 4.86. The molecule has 1 saturated heterocycles. The Morgan fingerprint density at radius 1 is 1.07 bits per heavy atom. The van der Waals surface area contributed by atoms with Crippen LogP contribution in [0.4, 0.5) is 10.1 Å². The minimum atomic E-state index is -0.293. The number of nitrogens with zero attached hydrogens (tertiary/aromatic N) is 2. The highest BCUT2D eigenvalue weighted by Gasteiger charge is 2.11. The van der Waals surface area contributed by atoms with E-state index in [1.807, 2.05) is 38.2 Å². The van der Waals surface area contributed by atoms with Gasteiger partial charge in [-0.1, -0.05) is 29.8 Å². The number of anilines is 1. The minimum absolute atomic E-state index is 0.0872. The minimum Gasteiger partial charge on any atom is -0.311 e. The molecular formula is C23H30FN3O2. The number of rotatable bonds is 6. The van der Waals surface area contributed by atoms with Gasteiger partial charge >= 0.3 is 0 Å². The molecule has 1 aliphatic rings. The normalized spacial score (nSPS) is 14.1. The van der Waals surface area contributed by atoms with Gasteiger partial charge < -0.3 is 9.91 Å². The molecule has 0 aromatic heterocycles. The molecule has 5 nitrogen and oxygen atoms in total. The maximum absolute atomic E-state index is 12.8. The molecule has 1 heterocycles. The zero-order valence-electron chi connectivity index (χ0n) is 17.2. The fraction of sp³-hybridized carbons (Fsp3) is 0.391. The van der Waals surface area contributed by atoms with Crippen LogP contribution in [-0.4, -0.2) is 43.1 Å². The summed E-state index contributed by atoms with van der Waals surface area (Å²) in [5, 5.41) is 1.57. The van der Waals surface area contributed by atoms with Crippen LogP contribution in [0.15, 0.2) is 48.5 Å². The molecule has 0 radical (unpaired) electrons. The highest BCUT2D eigenvalue weighted by atomic mass is 19.1. The topological polar surface area (TPSA) is 66.6 Å². The molecule has 1 aliphatic heterocycles. The van der Waals surface area contributed by atoms with Crippen molar-refractivity contribution in [1.29, 1.82) is 0 Å². The molecular weight excluding hydrogens is 369 g/mol. The number of hydrogen-bond donors (Lipinski definition) is 1. The molecule has 156 valence electrons. The average Bonchev–Trinajstić information content (AvgIpc) is 2.71. The van der Waals surface area contributed by atoms with Gasteiger partial charge in [0.05, 0.1) is 5.69 Å². The van der Waals surface area contributed by atoms with Gasteiger partial charge in [-0.2, -0.15) is 0 Å². The standard InChI is InChI=1S/C17H19FN2O.C6H11NO/c1-13-2-8-16(9-3-13)20(19)11-10-17(21)12-14-4-6-15(18)7-5-14;1-7-4-2-6(8)3-5-7/h2-9H,10-12,19H2,1H3;2-5H2,1H3. The van der Waals surface area contributed by atoms with E-state index in [0.717, 1.165) is 37.2 Å². The Hall–Kier alpha value is -2.57. The van der Waals surface area contributed by atoms with Crippen LogP contribution in [-0.2, 0) is 16.0 Å². The van der Waals surface area contributed by atoms with Crippen molar-refractivity contribution in [2.75, 3.05) is 31.7 Å². The van der Waals surface area contributed by atoms with E-state index in [1.54, 1.807) is 17.1 Å². The number of hydrogen-bond acceptors (Lipinski definition) is 5. The van der Waals surface area contributed by atoms with Crippen LogP contribution in [0.25, 0.3) is 0 Å². The van der Waals surface area contributed by atoms with Gasteiger partial charge in [0.2, 0.25) is 0 Å². The lowest BCUT2D eigenvalue weighted by Crippen LogP contribution is -2.33. The van der Waals surface area contributed by atoms with Gasteiger partial charge in [-0.3, -0.25) is 9.59 Å². The first-order chi connectivity index (χ1) is 13.8. The predicted octanol–water partition coefficient (Wildman–Crippen LogP) is 3.30. The number of carbonyl (C=O) groups is 2. The predicted molar refractivity (Wildman–Crippen MR) is 114 cm³/mol. The van der Waals surface area contributed by atoms with Crippen LogP contribution < -0.4 is 10.9 Å². The van der Waals surface area contributed by atoms with E-state index in [-0.39, 0.29) is 11.6 Å². The molecule has 0 saturated carbocycles. The average molecular weight is 400 g/mol. The second-order valence-corrected chi connectivity index (χ2v) is 7.46. The fourth-order valence-corrected chi connectivity index (χ4v) is 2.90. The van der Waals surface area contributed by atoms with E-state index < -0.39 is 0 Å². The van der Waals surface area contributed by atoms with E-state index >= 15 is 0 Å². The summed E-state index contributed by atoms with van der Waals surface area (Å²) in [6, 6.07) is 13.8. The molecule has 0 spiro atoms. The molecule has 0 atom stereocenters. The number of carbonyl (C=O) groups excluding carboxylic acids is 2. The van der Waals surface area contributed by atoms with Crippen molar-refractivity contribution < 1.29 is 14.0 Å². The molecule has 29 heavy (non-hydrogen) atoms. The summed E-state index contributed by atoms with van der Waals surface area (Å²) in [6.45, 7) is 4.39. The maximum atomic E-state index is 12.8. The van der Waals surface area contributed by atoms with E-state index in [0.29, 0.717) is 25.2 Å². The Kier molecular flexibility index (Phi) is 8.96. The fourth-order valence-electron chi connectivity index (χ4n) is 2.90. The van der Waals surface area contributed by atoms with E-state index in [1.165, 1.54) is 17.7 Å². The third kappa shape index (κ3) is 8.54. The first-order valence-electron chi connectivity index (χ1n) is 9.89. The molecule has 1 fully saturated rings. The van der Waals surface area contributed by atoms with Crippen molar-refractivity contribution in [3.63, 3.8) is 0 Å². The summed E-state index contributed by atoms with van der Waals surface area (Å²) in [5.74, 6) is 6.15. The molecule has 6 heteroatoms. The lowest BCUT2D eigenvalue weighted by molar-refractivity contribution is -0.121. The van der Waals surface area contributed by atoms with Crippen molar-refractivity contribution in [2.24, 2.45) is 5.84 Å². The van der Waals surface area contributed by atoms with E-state index in [9.17, 15) is 14.0 Å². The molecule has 2 N–H and O–H groups in total. The monoisotopic (exact) mass is 399 g/mol. The number of aryl methyl sites for hydroxylation is 1. The lowest BCUT2D eigenvalue weighted by Gasteiger charge is -2.19. The van der Waals surface area contributed by atoms with Crippen LogP contribution in [0, 0.1) is 12.7 Å². The first-order valence-corrected chi connectivity index (χ1v) is 9.89. The number of Topliss-reactive ketones (excluding diaryl/α,β-unsaturated/α-hetero) is 2. The quantitative estimate of drug-likeness (QED) is 0.596. The highest BCUT2D eigenvalue weighted by molar-refractivity contribution is 5.81. The number of likely N-dealkylation sites (tertiary alicyclic amines) is 1. The first kappa shape index (κ1) is 22.7. The summed E-state index contributed by atoms with van der Waals surface area (Å²) in [7, 11) is 2.05. The van der Waals surface area contributed by atoms with Crippen molar-refractivity contribution in [1.82, 2.24) is 4.90 Å². The second-order valence-electron chi connectivity index (χ2n) is 7.46. The van der Waals surface area contributed by atoms with Crippen molar-refractivity contribution in [3.8, 4) is 0 Å². The van der Waals surface area contributed by atoms with Crippen LogP contribution >= 0.6 is 0 Å². The van der Waals surface area contributed by atoms with Gasteiger partial charge in [0.1, 0.15) is 17.4 Å². The molecule has 3 rings (SSSR count). The zero-order valence-corrected chi connectivity index (χ0v) is 17.2. The van der Waals surface area contributed by atoms with Gasteiger partial charge in [-0.15, -0.1) is 0 Å². The largest absolute Gasteiger partial charge is 0.311 e. The van der Waals surface area contributed by atoms with Gasteiger partial charge in [0.15, 0.2) is 0 Å². The smallest absolute Gasteiger partial charge is 0.139 e. The van der Waals surface area contributed by atoms with Crippen molar-refractivity contribution in [2.45, 2.75) is 32.6 Å². The number of hydrazine groups is 1. The number of halogens is 1. The number of benzene rings is 2. The van der Waals surface area contributed by atoms with E-state index in [4.69, 9.17) is 5.84 Å². The van der Waals surface area contributed by atoms with Crippen molar-refractivity contribution in [3.05, 3.63) is 65.5 Å². The molecule has 0 amide bonds. The van der Waals surface area contributed by atoms with Gasteiger partial charge in [-0.05, 0) is 43.8 Å². The van der Waals surface area contributed by atoms with Gasteiger partial charge in [0, 0.05) is 45.3 Å². The van der Waals surface area contributed by atoms with Crippen LogP contribution in [0.5, 0.6) is 0 Å². The number of piperidine rings is 1. The third-order valence-corrected chi connectivity index (χ3v) is 4.86. The number of ketones is 2. The summed E-state index contributed by atoms with van der Waals surface area (Å²) in [4.78, 5) is 24.7. The Labute approximate surface area is 172 Å². The van der Waals surface area contributed by atoms with Crippen LogP contribution in [0.2, 0.25) is 0 Å². The van der Waals surface area contributed by atoms with Crippen LogP contribution in [0.1, 0.15) is 30.4 Å². The zero-order chi connectivity index (χ0) is 21.2. The Morgan fingerprint density at radius 2 is 1.66 bits per heavy atom. The maximum Gasteiger partial charge on any atom is 0.139 e. The summed E-state index contributed by atoms with van der Waals surface area (Å²) < 4.78 is 12.8. The molecule has 0 bridgehead atoms. The van der Waals surface area contributed by atoms with Crippen molar-refractivity contribution >= 4 is 17.3 Å². The molecule has 2 aromatic rings. The highest BCUT2D eigenvalue weighted by Crippen LogP contribution is 2.12. The number of nitrogens with two attached hydrogens (primary N) is 1. The Balaban J connectivity index is 0.000000313.